The molecule has 0 saturated carbocycles. The Hall–Kier alpha value is -1.33. The Kier molecular flexibility index (Phi) is 3.27. The van der Waals surface area contributed by atoms with Crippen LogP contribution < -0.4 is 5.32 Å². The van der Waals surface area contributed by atoms with Crippen molar-refractivity contribution in [3.05, 3.63) is 23.5 Å². The van der Waals surface area contributed by atoms with E-state index >= 15 is 0 Å². The molecule has 5 heteroatoms. The third kappa shape index (κ3) is 1.94. The lowest BCUT2D eigenvalue weighted by Gasteiger charge is -2.13. The molecule has 0 aliphatic rings. The maximum Gasteiger partial charge on any atom is 0.174 e. The van der Waals surface area contributed by atoms with E-state index in [9.17, 15) is 14.6 Å². The Morgan fingerprint density at radius 2 is 1.93 bits per heavy atom. The van der Waals surface area contributed by atoms with Gasteiger partial charge in [0.25, 0.3) is 0 Å². The van der Waals surface area contributed by atoms with E-state index in [0.29, 0.717) is 0 Å². The van der Waals surface area contributed by atoms with Crippen molar-refractivity contribution < 1.29 is 19.7 Å². The zero-order chi connectivity index (χ0) is 10.7. The summed E-state index contributed by atoms with van der Waals surface area (Å²) in [6, 6.07) is 2.16. The van der Waals surface area contributed by atoms with Gasteiger partial charge in [-0.1, -0.05) is 0 Å². The molecule has 1 atom stereocenters. The van der Waals surface area contributed by atoms with E-state index < -0.39 is 17.7 Å². The predicted octanol–water partition coefficient (Wildman–Crippen LogP) is 0.490. The molecule has 1 aromatic carbocycles. The van der Waals surface area contributed by atoms with Crippen LogP contribution in [0.15, 0.2) is 12.1 Å². The lowest BCUT2D eigenvalue weighted by molar-refractivity contribution is 0.167. The van der Waals surface area contributed by atoms with Crippen LogP contribution in [0.25, 0.3) is 0 Å². The fourth-order valence-corrected chi connectivity index (χ4v) is 1.18. The molecular weight excluding hydrogens is 189 g/mol. The number of phenolic OH excluding ortho intramolecular Hbond substituents is 2. The molecule has 0 saturated heterocycles. The van der Waals surface area contributed by atoms with Gasteiger partial charge in [0.15, 0.2) is 11.6 Å². The molecule has 0 aliphatic heterocycles. The number of nitrogens with one attached hydrogen (secondary N) is 1. The van der Waals surface area contributed by atoms with Gasteiger partial charge in [-0.05, 0) is 19.2 Å². The van der Waals surface area contributed by atoms with Gasteiger partial charge in [0.2, 0.25) is 0 Å². The minimum atomic E-state index is -1.19. The Morgan fingerprint density at radius 3 is 2.50 bits per heavy atom. The molecule has 14 heavy (non-hydrogen) atoms. The molecule has 4 N–H and O–H groups in total. The lowest BCUT2D eigenvalue weighted by atomic mass is 10.1. The van der Waals surface area contributed by atoms with Crippen LogP contribution in [0.1, 0.15) is 11.7 Å². The maximum absolute atomic E-state index is 13.2. The Morgan fingerprint density at radius 1 is 1.36 bits per heavy atom. The molecule has 0 bridgehead atoms. The summed E-state index contributed by atoms with van der Waals surface area (Å²) >= 11 is 0. The largest absolute Gasteiger partial charge is 0.507 e. The van der Waals surface area contributed by atoms with Crippen molar-refractivity contribution >= 4 is 0 Å². The van der Waals surface area contributed by atoms with E-state index in [4.69, 9.17) is 5.11 Å². The third-order valence-electron chi connectivity index (χ3n) is 1.87. The van der Waals surface area contributed by atoms with E-state index in [1.165, 1.54) is 0 Å². The minimum Gasteiger partial charge on any atom is -0.507 e. The standard InChI is InChI=1S/C9H12FNO3/c1-11-4-7(14)8-5(12)2-3-6(13)9(8)10/h2-3,7,11-14H,4H2,1H3. The third-order valence-corrected chi connectivity index (χ3v) is 1.87. The molecule has 0 spiro atoms. The van der Waals surface area contributed by atoms with Crippen molar-refractivity contribution in [2.45, 2.75) is 6.10 Å². The van der Waals surface area contributed by atoms with Crippen LogP contribution in [0.5, 0.6) is 11.5 Å². The van der Waals surface area contributed by atoms with E-state index in [1.54, 1.807) is 7.05 Å². The van der Waals surface area contributed by atoms with Crippen LogP contribution in [-0.4, -0.2) is 28.9 Å². The van der Waals surface area contributed by atoms with Gasteiger partial charge >= 0.3 is 0 Å². The van der Waals surface area contributed by atoms with Crippen LogP contribution in [0.3, 0.4) is 0 Å². The second-order valence-electron chi connectivity index (χ2n) is 2.90. The summed E-state index contributed by atoms with van der Waals surface area (Å²) in [4.78, 5) is 0. The molecular formula is C9H12FNO3. The number of hydrogen-bond donors (Lipinski definition) is 4. The molecule has 0 fully saturated rings. The zero-order valence-corrected chi connectivity index (χ0v) is 7.66. The Balaban J connectivity index is 3.11. The fraction of sp³-hybridized carbons (Fsp3) is 0.333. The first-order chi connectivity index (χ1) is 6.57. The zero-order valence-electron chi connectivity index (χ0n) is 7.66. The van der Waals surface area contributed by atoms with Gasteiger partial charge in [0, 0.05) is 6.54 Å². The van der Waals surface area contributed by atoms with Gasteiger partial charge in [-0.25, -0.2) is 4.39 Å². The van der Waals surface area contributed by atoms with Crippen molar-refractivity contribution in [3.8, 4) is 11.5 Å². The van der Waals surface area contributed by atoms with Gasteiger partial charge in [-0.15, -0.1) is 0 Å². The molecule has 0 heterocycles. The fourth-order valence-electron chi connectivity index (χ4n) is 1.18. The molecule has 1 aromatic rings. The van der Waals surface area contributed by atoms with Gasteiger partial charge < -0.3 is 20.6 Å². The number of aromatic hydroxyl groups is 2. The first-order valence-electron chi connectivity index (χ1n) is 4.11. The van der Waals surface area contributed by atoms with Crippen LogP contribution in [0.2, 0.25) is 0 Å². The molecule has 0 aliphatic carbocycles. The first-order valence-corrected chi connectivity index (χ1v) is 4.11. The number of aliphatic hydroxyl groups is 1. The summed E-state index contributed by atoms with van der Waals surface area (Å²) in [5, 5.41) is 30.4. The summed E-state index contributed by atoms with van der Waals surface area (Å²) in [6.45, 7) is 0.0912. The van der Waals surface area contributed by atoms with Gasteiger partial charge in [0.1, 0.15) is 5.75 Å². The van der Waals surface area contributed by atoms with Crippen molar-refractivity contribution in [1.82, 2.24) is 5.32 Å². The molecule has 1 unspecified atom stereocenters. The average Bonchev–Trinajstić information content (AvgIpc) is 2.13. The van der Waals surface area contributed by atoms with Gasteiger partial charge in [-0.2, -0.15) is 0 Å². The summed E-state index contributed by atoms with van der Waals surface area (Å²) in [5.41, 5.74) is -0.292. The highest BCUT2D eigenvalue weighted by atomic mass is 19.1. The smallest absolute Gasteiger partial charge is 0.174 e. The normalized spacial score (nSPS) is 12.8. The minimum absolute atomic E-state index is 0.0912. The van der Waals surface area contributed by atoms with E-state index in [2.05, 4.69) is 5.32 Å². The molecule has 0 aromatic heterocycles. The van der Waals surface area contributed by atoms with Crippen molar-refractivity contribution in [1.29, 1.82) is 0 Å². The highest BCUT2D eigenvalue weighted by Crippen LogP contribution is 2.31. The Bertz CT molecular complexity index is 330. The van der Waals surface area contributed by atoms with Crippen LogP contribution in [-0.2, 0) is 0 Å². The lowest BCUT2D eigenvalue weighted by Crippen LogP contribution is -2.17. The molecule has 78 valence electrons. The Labute approximate surface area is 80.6 Å². The van der Waals surface area contributed by atoms with Crippen molar-refractivity contribution in [3.63, 3.8) is 0 Å². The molecule has 1 rings (SSSR count). The number of likely N-dealkylation sites (N-methyl/N-ethyl adjacent to an activating group) is 1. The predicted molar refractivity (Wildman–Crippen MR) is 48.6 cm³/mol. The average molecular weight is 201 g/mol. The van der Waals surface area contributed by atoms with Crippen molar-refractivity contribution in [2.24, 2.45) is 0 Å². The monoisotopic (exact) mass is 201 g/mol. The highest BCUT2D eigenvalue weighted by Gasteiger charge is 2.19. The van der Waals surface area contributed by atoms with Gasteiger partial charge in [0.05, 0.1) is 11.7 Å². The number of rotatable bonds is 3. The first kappa shape index (κ1) is 10.7. The highest BCUT2D eigenvalue weighted by molar-refractivity contribution is 5.41. The number of phenols is 2. The summed E-state index contributed by atoms with van der Waals surface area (Å²) < 4.78 is 13.2. The van der Waals surface area contributed by atoms with E-state index in [-0.39, 0.29) is 17.9 Å². The quantitative estimate of drug-likeness (QED) is 0.537. The molecule has 0 radical (unpaired) electrons. The number of halogens is 1. The van der Waals surface area contributed by atoms with E-state index in [1.807, 2.05) is 0 Å². The second-order valence-corrected chi connectivity index (χ2v) is 2.90. The molecule has 4 nitrogen and oxygen atoms in total. The van der Waals surface area contributed by atoms with Crippen LogP contribution >= 0.6 is 0 Å². The van der Waals surface area contributed by atoms with Crippen LogP contribution in [0, 0.1) is 5.82 Å². The summed E-state index contributed by atoms with van der Waals surface area (Å²) in [7, 11) is 1.58. The number of hydrogen-bond acceptors (Lipinski definition) is 4. The van der Waals surface area contributed by atoms with Crippen molar-refractivity contribution in [2.75, 3.05) is 13.6 Å². The second kappa shape index (κ2) is 4.26. The van der Waals surface area contributed by atoms with E-state index in [0.717, 1.165) is 12.1 Å². The topological polar surface area (TPSA) is 72.7 Å². The molecule has 0 amide bonds. The number of aliphatic hydroxyl groups excluding tert-OH is 1. The summed E-state index contributed by atoms with van der Waals surface area (Å²) in [6.07, 6.45) is -1.19. The maximum atomic E-state index is 13.2. The summed E-state index contributed by atoms with van der Waals surface area (Å²) in [5.74, 6) is -1.95. The van der Waals surface area contributed by atoms with Gasteiger partial charge in [-0.3, -0.25) is 0 Å². The number of benzene rings is 1. The van der Waals surface area contributed by atoms with Crippen LogP contribution in [0.4, 0.5) is 4.39 Å². The SMILES string of the molecule is CNCC(O)c1c(O)ccc(O)c1F.